The molecule has 24 heavy (non-hydrogen) atoms. The number of para-hydroxylation sites is 1. The number of benzene rings is 1. The van der Waals surface area contributed by atoms with E-state index >= 15 is 0 Å². The Morgan fingerprint density at radius 1 is 1.08 bits per heavy atom. The first kappa shape index (κ1) is 16.4. The topological polar surface area (TPSA) is 66.9 Å². The van der Waals surface area contributed by atoms with E-state index in [1.807, 2.05) is 32.0 Å². The highest BCUT2D eigenvalue weighted by atomic mass is 16.1. The van der Waals surface area contributed by atoms with Gasteiger partial charge in [0.1, 0.15) is 5.69 Å². The molecule has 1 aliphatic carbocycles. The van der Waals surface area contributed by atoms with Crippen molar-refractivity contribution >= 4 is 17.5 Å². The van der Waals surface area contributed by atoms with Crippen molar-refractivity contribution in [2.24, 2.45) is 0 Å². The van der Waals surface area contributed by atoms with Gasteiger partial charge in [-0.1, -0.05) is 37.5 Å². The lowest BCUT2D eigenvalue weighted by atomic mass is 9.96. The van der Waals surface area contributed by atoms with E-state index in [-0.39, 0.29) is 5.91 Å². The zero-order valence-corrected chi connectivity index (χ0v) is 14.3. The average Bonchev–Trinajstić information content (AvgIpc) is 2.59. The van der Waals surface area contributed by atoms with Crippen LogP contribution in [0.1, 0.15) is 53.7 Å². The van der Waals surface area contributed by atoms with Gasteiger partial charge < -0.3 is 10.6 Å². The zero-order chi connectivity index (χ0) is 16.9. The third kappa shape index (κ3) is 3.91. The van der Waals surface area contributed by atoms with E-state index in [0.29, 0.717) is 17.7 Å². The van der Waals surface area contributed by atoms with Gasteiger partial charge in [-0.2, -0.15) is 0 Å². The predicted octanol–water partition coefficient (Wildman–Crippen LogP) is 4.09. The van der Waals surface area contributed by atoms with Gasteiger partial charge >= 0.3 is 0 Å². The van der Waals surface area contributed by atoms with Crippen molar-refractivity contribution in [3.05, 3.63) is 47.3 Å². The highest BCUT2D eigenvalue weighted by Gasteiger charge is 2.16. The number of hydrogen-bond donors (Lipinski definition) is 2. The quantitative estimate of drug-likeness (QED) is 0.889. The molecule has 0 radical (unpaired) electrons. The van der Waals surface area contributed by atoms with E-state index in [2.05, 4.69) is 20.6 Å². The van der Waals surface area contributed by atoms with Gasteiger partial charge in [-0.15, -0.1) is 0 Å². The van der Waals surface area contributed by atoms with Crippen LogP contribution < -0.4 is 10.6 Å². The Labute approximate surface area is 142 Å². The van der Waals surface area contributed by atoms with Crippen molar-refractivity contribution < 1.29 is 4.79 Å². The molecule has 1 aromatic heterocycles. The largest absolute Gasteiger partial charge is 0.351 e. The summed E-state index contributed by atoms with van der Waals surface area (Å²) in [4.78, 5) is 21.2. The molecule has 0 bridgehead atoms. The molecule has 2 aromatic rings. The molecule has 5 nitrogen and oxygen atoms in total. The van der Waals surface area contributed by atoms with Gasteiger partial charge in [-0.3, -0.25) is 4.79 Å². The molecule has 0 unspecified atom stereocenters. The summed E-state index contributed by atoms with van der Waals surface area (Å²) in [7, 11) is 0. The molecule has 0 saturated heterocycles. The lowest BCUT2D eigenvalue weighted by molar-refractivity contribution is 0.102. The highest BCUT2D eigenvalue weighted by molar-refractivity contribution is 6.03. The average molecular weight is 324 g/mol. The number of carbonyl (C=O) groups is 1. The summed E-state index contributed by atoms with van der Waals surface area (Å²) in [5.41, 5.74) is 3.31. The van der Waals surface area contributed by atoms with Gasteiger partial charge in [-0.05, 0) is 43.9 Å². The lowest BCUT2D eigenvalue weighted by Gasteiger charge is -2.22. The van der Waals surface area contributed by atoms with Gasteiger partial charge in [0, 0.05) is 17.9 Å². The van der Waals surface area contributed by atoms with Crippen LogP contribution in [0.25, 0.3) is 0 Å². The van der Waals surface area contributed by atoms with E-state index in [1.54, 1.807) is 12.3 Å². The molecule has 1 amide bonds. The van der Waals surface area contributed by atoms with Crippen molar-refractivity contribution in [2.75, 3.05) is 10.6 Å². The van der Waals surface area contributed by atoms with E-state index in [9.17, 15) is 4.79 Å². The SMILES string of the molecule is Cc1cccc(C)c1NC(=O)c1ccnc(NC2CCCCC2)n1. The highest BCUT2D eigenvalue weighted by Crippen LogP contribution is 2.21. The number of aryl methyl sites for hydroxylation is 2. The first-order chi connectivity index (χ1) is 11.6. The molecule has 1 heterocycles. The first-order valence-electron chi connectivity index (χ1n) is 8.60. The summed E-state index contributed by atoms with van der Waals surface area (Å²) in [6.45, 7) is 3.97. The van der Waals surface area contributed by atoms with Crippen molar-refractivity contribution in [3.63, 3.8) is 0 Å². The van der Waals surface area contributed by atoms with Crippen molar-refractivity contribution in [3.8, 4) is 0 Å². The number of nitrogens with zero attached hydrogens (tertiary/aromatic N) is 2. The molecule has 0 spiro atoms. The Hall–Kier alpha value is -2.43. The van der Waals surface area contributed by atoms with E-state index < -0.39 is 0 Å². The summed E-state index contributed by atoms with van der Waals surface area (Å²) in [6, 6.07) is 8.01. The Morgan fingerprint density at radius 3 is 2.50 bits per heavy atom. The molecule has 1 aromatic carbocycles. The predicted molar refractivity (Wildman–Crippen MR) is 96.4 cm³/mol. The van der Waals surface area contributed by atoms with Crippen LogP contribution in [0.5, 0.6) is 0 Å². The number of rotatable bonds is 4. The van der Waals surface area contributed by atoms with Crippen LogP contribution in [-0.4, -0.2) is 21.9 Å². The molecule has 1 saturated carbocycles. The Balaban J connectivity index is 1.72. The zero-order valence-electron chi connectivity index (χ0n) is 14.3. The van der Waals surface area contributed by atoms with E-state index in [4.69, 9.17) is 0 Å². The number of aromatic nitrogens is 2. The summed E-state index contributed by atoms with van der Waals surface area (Å²) in [6.07, 6.45) is 7.70. The van der Waals surface area contributed by atoms with Crippen LogP contribution in [0.4, 0.5) is 11.6 Å². The molecule has 5 heteroatoms. The molecule has 3 rings (SSSR count). The molecular weight excluding hydrogens is 300 g/mol. The van der Waals surface area contributed by atoms with Gasteiger partial charge in [0.2, 0.25) is 5.95 Å². The van der Waals surface area contributed by atoms with E-state index in [1.165, 1.54) is 19.3 Å². The van der Waals surface area contributed by atoms with Crippen LogP contribution >= 0.6 is 0 Å². The standard InChI is InChI=1S/C19H24N4O/c1-13-7-6-8-14(2)17(13)23-18(24)16-11-12-20-19(22-16)21-15-9-4-3-5-10-15/h6-8,11-12,15H,3-5,9-10H2,1-2H3,(H,23,24)(H,20,21,22). The maximum atomic E-state index is 12.5. The normalized spacial score (nSPS) is 15.1. The van der Waals surface area contributed by atoms with Gasteiger partial charge in [0.05, 0.1) is 0 Å². The fraction of sp³-hybridized carbons (Fsp3) is 0.421. The fourth-order valence-electron chi connectivity index (χ4n) is 3.17. The molecule has 126 valence electrons. The summed E-state index contributed by atoms with van der Waals surface area (Å²) in [5, 5.41) is 6.33. The Kier molecular flexibility index (Phi) is 5.08. The summed E-state index contributed by atoms with van der Waals surface area (Å²) >= 11 is 0. The van der Waals surface area contributed by atoms with Crippen LogP contribution in [0.15, 0.2) is 30.5 Å². The van der Waals surface area contributed by atoms with Crippen molar-refractivity contribution in [1.29, 1.82) is 0 Å². The number of hydrogen-bond acceptors (Lipinski definition) is 4. The van der Waals surface area contributed by atoms with Crippen molar-refractivity contribution in [2.45, 2.75) is 52.0 Å². The minimum Gasteiger partial charge on any atom is -0.351 e. The minimum atomic E-state index is -0.207. The minimum absolute atomic E-state index is 0.207. The molecular formula is C19H24N4O. The lowest BCUT2D eigenvalue weighted by Crippen LogP contribution is -2.24. The summed E-state index contributed by atoms with van der Waals surface area (Å²) < 4.78 is 0. The van der Waals surface area contributed by atoms with Crippen LogP contribution in [0, 0.1) is 13.8 Å². The Bertz CT molecular complexity index is 703. The fourth-order valence-corrected chi connectivity index (χ4v) is 3.17. The number of carbonyl (C=O) groups excluding carboxylic acids is 1. The number of anilines is 2. The van der Waals surface area contributed by atoms with E-state index in [0.717, 1.165) is 29.7 Å². The van der Waals surface area contributed by atoms with Crippen LogP contribution in [0.3, 0.4) is 0 Å². The maximum absolute atomic E-state index is 12.5. The van der Waals surface area contributed by atoms with Crippen LogP contribution in [0.2, 0.25) is 0 Å². The smallest absolute Gasteiger partial charge is 0.274 e. The number of amides is 1. The third-order valence-corrected chi connectivity index (χ3v) is 4.55. The second-order valence-corrected chi connectivity index (χ2v) is 6.47. The van der Waals surface area contributed by atoms with Gasteiger partial charge in [0.25, 0.3) is 5.91 Å². The second kappa shape index (κ2) is 7.43. The molecule has 0 aliphatic heterocycles. The number of nitrogens with one attached hydrogen (secondary N) is 2. The first-order valence-corrected chi connectivity index (χ1v) is 8.60. The Morgan fingerprint density at radius 2 is 1.79 bits per heavy atom. The molecule has 0 atom stereocenters. The van der Waals surface area contributed by atoms with Gasteiger partial charge in [0.15, 0.2) is 0 Å². The second-order valence-electron chi connectivity index (χ2n) is 6.47. The monoisotopic (exact) mass is 324 g/mol. The maximum Gasteiger partial charge on any atom is 0.274 e. The summed E-state index contributed by atoms with van der Waals surface area (Å²) in [5.74, 6) is 0.331. The van der Waals surface area contributed by atoms with Crippen LogP contribution in [-0.2, 0) is 0 Å². The van der Waals surface area contributed by atoms with Gasteiger partial charge in [-0.25, -0.2) is 9.97 Å². The molecule has 2 N–H and O–H groups in total. The molecule has 1 aliphatic rings. The van der Waals surface area contributed by atoms with Crippen molar-refractivity contribution in [1.82, 2.24) is 9.97 Å². The molecule has 1 fully saturated rings. The third-order valence-electron chi connectivity index (χ3n) is 4.55.